The van der Waals surface area contributed by atoms with E-state index in [2.05, 4.69) is 14.9 Å². The lowest BCUT2D eigenvalue weighted by atomic mass is 10.2. The van der Waals surface area contributed by atoms with E-state index in [1.54, 1.807) is 36.4 Å². The van der Waals surface area contributed by atoms with Crippen LogP contribution in [0.2, 0.25) is 0 Å². The van der Waals surface area contributed by atoms with Crippen molar-refractivity contribution in [2.45, 2.75) is 6.61 Å². The van der Waals surface area contributed by atoms with Crippen LogP contribution < -0.4 is 10.5 Å². The molecule has 1 heterocycles. The molecule has 0 atom stereocenters. The average molecular weight is 303 g/mol. The van der Waals surface area contributed by atoms with Crippen LogP contribution in [-0.4, -0.2) is 16.8 Å². The van der Waals surface area contributed by atoms with Gasteiger partial charge in [-0.2, -0.15) is 8.78 Å². The predicted molar refractivity (Wildman–Crippen MR) is 76.2 cm³/mol. The Bertz CT molecular complexity index is 755. The molecule has 3 rings (SSSR count). The number of hydrogen-bond acceptors (Lipinski definition) is 5. The molecule has 0 unspecified atom stereocenters. The van der Waals surface area contributed by atoms with E-state index in [1.165, 1.54) is 12.1 Å². The Kier molecular flexibility index (Phi) is 3.69. The molecule has 7 heteroatoms. The SMILES string of the molecule is Nc1ccc(-c2nnc(-c3ccc(OC(F)F)cc3)o2)cc1. The minimum atomic E-state index is -2.86. The van der Waals surface area contributed by atoms with Gasteiger partial charge in [-0.1, -0.05) is 0 Å². The highest BCUT2D eigenvalue weighted by atomic mass is 19.3. The van der Waals surface area contributed by atoms with Gasteiger partial charge < -0.3 is 14.9 Å². The monoisotopic (exact) mass is 303 g/mol. The summed E-state index contributed by atoms with van der Waals surface area (Å²) in [4.78, 5) is 0. The van der Waals surface area contributed by atoms with Crippen LogP contribution in [0, 0.1) is 0 Å². The summed E-state index contributed by atoms with van der Waals surface area (Å²) in [5, 5.41) is 7.89. The highest BCUT2D eigenvalue weighted by Crippen LogP contribution is 2.26. The van der Waals surface area contributed by atoms with Gasteiger partial charge in [0.15, 0.2) is 0 Å². The summed E-state index contributed by atoms with van der Waals surface area (Å²) in [6.07, 6.45) is 0. The van der Waals surface area contributed by atoms with Crippen molar-refractivity contribution in [3.05, 3.63) is 48.5 Å². The van der Waals surface area contributed by atoms with Crippen molar-refractivity contribution in [3.8, 4) is 28.7 Å². The van der Waals surface area contributed by atoms with Crippen LogP contribution in [0.4, 0.5) is 14.5 Å². The van der Waals surface area contributed by atoms with Crippen molar-refractivity contribution < 1.29 is 17.9 Å². The zero-order valence-electron chi connectivity index (χ0n) is 11.2. The topological polar surface area (TPSA) is 74.2 Å². The molecular formula is C15H11F2N3O2. The molecule has 0 aliphatic rings. The van der Waals surface area contributed by atoms with Gasteiger partial charge in [0.25, 0.3) is 0 Å². The van der Waals surface area contributed by atoms with Crippen LogP contribution in [-0.2, 0) is 0 Å². The van der Waals surface area contributed by atoms with Crippen LogP contribution in [0.15, 0.2) is 52.9 Å². The van der Waals surface area contributed by atoms with Crippen molar-refractivity contribution >= 4 is 5.69 Å². The molecule has 0 bridgehead atoms. The second kappa shape index (κ2) is 5.80. The Balaban J connectivity index is 1.82. The van der Waals surface area contributed by atoms with Gasteiger partial charge in [-0.3, -0.25) is 0 Å². The standard InChI is InChI=1S/C15H11F2N3O2/c16-15(17)21-12-7-3-10(4-8-12)14-20-19-13(22-14)9-1-5-11(18)6-2-9/h1-8,15H,18H2. The number of halogens is 2. The maximum Gasteiger partial charge on any atom is 0.387 e. The molecule has 0 amide bonds. The summed E-state index contributed by atoms with van der Waals surface area (Å²) in [5.41, 5.74) is 7.60. The average Bonchev–Trinajstić information content (AvgIpc) is 2.98. The highest BCUT2D eigenvalue weighted by Gasteiger charge is 2.11. The zero-order valence-corrected chi connectivity index (χ0v) is 11.2. The fourth-order valence-corrected chi connectivity index (χ4v) is 1.86. The van der Waals surface area contributed by atoms with E-state index in [0.29, 0.717) is 17.1 Å². The Morgan fingerprint density at radius 3 is 1.86 bits per heavy atom. The molecule has 0 radical (unpaired) electrons. The minimum Gasteiger partial charge on any atom is -0.435 e. The molecule has 0 aliphatic heterocycles. The van der Waals surface area contributed by atoms with Crippen molar-refractivity contribution in [2.24, 2.45) is 0 Å². The number of anilines is 1. The van der Waals surface area contributed by atoms with E-state index in [0.717, 1.165) is 5.56 Å². The van der Waals surface area contributed by atoms with Crippen LogP contribution in [0.5, 0.6) is 5.75 Å². The molecule has 0 saturated carbocycles. The lowest BCUT2D eigenvalue weighted by molar-refractivity contribution is -0.0498. The lowest BCUT2D eigenvalue weighted by Crippen LogP contribution is -2.01. The van der Waals surface area contributed by atoms with E-state index in [1.807, 2.05) is 0 Å². The van der Waals surface area contributed by atoms with E-state index in [9.17, 15) is 8.78 Å². The van der Waals surface area contributed by atoms with E-state index < -0.39 is 6.61 Å². The fourth-order valence-electron chi connectivity index (χ4n) is 1.86. The maximum absolute atomic E-state index is 12.1. The predicted octanol–water partition coefficient (Wildman–Crippen LogP) is 3.59. The van der Waals surface area contributed by atoms with Crippen LogP contribution >= 0.6 is 0 Å². The molecule has 112 valence electrons. The summed E-state index contributed by atoms with van der Waals surface area (Å²) in [7, 11) is 0. The van der Waals surface area contributed by atoms with E-state index in [4.69, 9.17) is 10.2 Å². The third-order valence-corrected chi connectivity index (χ3v) is 2.91. The molecule has 22 heavy (non-hydrogen) atoms. The number of rotatable bonds is 4. The van der Waals surface area contributed by atoms with Crippen molar-refractivity contribution in [1.29, 1.82) is 0 Å². The van der Waals surface area contributed by atoms with Gasteiger partial charge in [0.2, 0.25) is 11.8 Å². The Morgan fingerprint density at radius 2 is 1.36 bits per heavy atom. The Morgan fingerprint density at radius 1 is 0.864 bits per heavy atom. The summed E-state index contributed by atoms with van der Waals surface area (Å²) in [6, 6.07) is 13.0. The molecule has 0 saturated heterocycles. The quantitative estimate of drug-likeness (QED) is 0.746. The highest BCUT2D eigenvalue weighted by molar-refractivity contribution is 5.60. The van der Waals surface area contributed by atoms with Gasteiger partial charge in [-0.15, -0.1) is 10.2 Å². The lowest BCUT2D eigenvalue weighted by Gasteiger charge is -2.03. The number of ether oxygens (including phenoxy) is 1. The number of aromatic nitrogens is 2. The number of nitrogen functional groups attached to an aromatic ring is 1. The third-order valence-electron chi connectivity index (χ3n) is 2.91. The van der Waals surface area contributed by atoms with Crippen molar-refractivity contribution in [2.75, 3.05) is 5.73 Å². The molecule has 2 aromatic carbocycles. The van der Waals surface area contributed by atoms with Crippen LogP contribution in [0.1, 0.15) is 0 Å². The summed E-state index contributed by atoms with van der Waals surface area (Å²) in [6.45, 7) is -2.86. The number of nitrogens with two attached hydrogens (primary N) is 1. The normalized spacial score (nSPS) is 10.9. The fraction of sp³-hybridized carbons (Fsp3) is 0.0667. The summed E-state index contributed by atoms with van der Waals surface area (Å²) >= 11 is 0. The van der Waals surface area contributed by atoms with Gasteiger partial charge in [-0.25, -0.2) is 0 Å². The minimum absolute atomic E-state index is 0.0667. The number of benzene rings is 2. The molecule has 0 fully saturated rings. The van der Waals surface area contributed by atoms with Gasteiger partial charge in [0.1, 0.15) is 5.75 Å². The second-order valence-corrected chi connectivity index (χ2v) is 4.44. The first-order valence-corrected chi connectivity index (χ1v) is 6.36. The molecule has 5 nitrogen and oxygen atoms in total. The smallest absolute Gasteiger partial charge is 0.387 e. The van der Waals surface area contributed by atoms with Gasteiger partial charge in [-0.05, 0) is 48.5 Å². The van der Waals surface area contributed by atoms with Gasteiger partial charge in [0, 0.05) is 16.8 Å². The van der Waals surface area contributed by atoms with Gasteiger partial charge in [0.05, 0.1) is 0 Å². The largest absolute Gasteiger partial charge is 0.435 e. The Labute approximate surface area is 124 Å². The first-order valence-electron chi connectivity index (χ1n) is 6.36. The zero-order chi connectivity index (χ0) is 15.5. The molecule has 3 aromatic rings. The van der Waals surface area contributed by atoms with E-state index >= 15 is 0 Å². The Hall–Kier alpha value is -2.96. The second-order valence-electron chi connectivity index (χ2n) is 4.44. The number of nitrogens with zero attached hydrogens (tertiary/aromatic N) is 2. The van der Waals surface area contributed by atoms with Crippen molar-refractivity contribution in [3.63, 3.8) is 0 Å². The van der Waals surface area contributed by atoms with Crippen molar-refractivity contribution in [1.82, 2.24) is 10.2 Å². The first-order chi connectivity index (χ1) is 10.6. The summed E-state index contributed by atoms with van der Waals surface area (Å²) in [5.74, 6) is 0.704. The maximum atomic E-state index is 12.1. The number of hydrogen-bond donors (Lipinski definition) is 1. The molecule has 2 N–H and O–H groups in total. The summed E-state index contributed by atoms with van der Waals surface area (Å²) < 4.78 is 34.0. The van der Waals surface area contributed by atoms with Crippen LogP contribution in [0.25, 0.3) is 22.9 Å². The molecule has 0 spiro atoms. The molecule has 1 aromatic heterocycles. The molecule has 0 aliphatic carbocycles. The van der Waals surface area contributed by atoms with Crippen LogP contribution in [0.3, 0.4) is 0 Å². The number of alkyl halides is 2. The molecular weight excluding hydrogens is 292 g/mol. The first kappa shape index (κ1) is 14.0. The van der Waals surface area contributed by atoms with E-state index in [-0.39, 0.29) is 11.6 Å². The third kappa shape index (κ3) is 3.03. The van der Waals surface area contributed by atoms with Gasteiger partial charge >= 0.3 is 6.61 Å².